The molecule has 0 spiro atoms. The van der Waals surface area contributed by atoms with Crippen molar-refractivity contribution < 1.29 is 28.6 Å². The molecule has 2 atom stereocenters. The van der Waals surface area contributed by atoms with Gasteiger partial charge in [0.05, 0.1) is 25.4 Å². The van der Waals surface area contributed by atoms with E-state index < -0.39 is 29.8 Å². The predicted octanol–water partition coefficient (Wildman–Crippen LogP) is 2.13. The molecule has 34 heavy (non-hydrogen) atoms. The first-order chi connectivity index (χ1) is 16.4. The van der Waals surface area contributed by atoms with E-state index in [1.807, 2.05) is 0 Å². The number of rotatable bonds is 7. The molecular formula is C21H21BrFN5O5S. The highest BCUT2D eigenvalue weighted by atomic mass is 79.9. The van der Waals surface area contributed by atoms with Crippen molar-refractivity contribution in [3.8, 4) is 0 Å². The fraction of sp³-hybridized carbons (Fsp3) is 0.381. The Balaban J connectivity index is 1.83. The molecule has 0 saturated carbocycles. The Morgan fingerprint density at radius 2 is 2.26 bits per heavy atom. The van der Waals surface area contributed by atoms with Crippen LogP contribution in [0.1, 0.15) is 23.5 Å². The van der Waals surface area contributed by atoms with Crippen molar-refractivity contribution in [2.24, 2.45) is 4.99 Å². The second-order valence-electron chi connectivity index (χ2n) is 7.43. The van der Waals surface area contributed by atoms with E-state index in [2.05, 4.69) is 31.4 Å². The third kappa shape index (κ3) is 5.17. The number of morpholine rings is 1. The number of carbonyl (C=O) groups is 2. The molecule has 1 aromatic heterocycles. The van der Waals surface area contributed by atoms with Crippen molar-refractivity contribution in [3.63, 3.8) is 0 Å². The van der Waals surface area contributed by atoms with Gasteiger partial charge in [-0.2, -0.15) is 0 Å². The lowest BCUT2D eigenvalue weighted by molar-refractivity contribution is -0.149. The van der Waals surface area contributed by atoms with Gasteiger partial charge in [0.2, 0.25) is 0 Å². The third-order valence-corrected chi connectivity index (χ3v) is 6.71. The van der Waals surface area contributed by atoms with Gasteiger partial charge in [0, 0.05) is 23.3 Å². The molecule has 1 aromatic carbocycles. The summed E-state index contributed by atoms with van der Waals surface area (Å²) in [5, 5.41) is 21.2. The van der Waals surface area contributed by atoms with Crippen LogP contribution in [-0.2, 0) is 19.1 Å². The number of aliphatic carboxylic acids is 1. The average molecular weight is 554 g/mol. The number of hydrogen-bond donors (Lipinski definition) is 2. The molecule has 13 heteroatoms. The van der Waals surface area contributed by atoms with Gasteiger partial charge in [-0.25, -0.2) is 9.18 Å². The highest BCUT2D eigenvalue weighted by Crippen LogP contribution is 2.37. The summed E-state index contributed by atoms with van der Waals surface area (Å²) >= 11 is 4.63. The third-order valence-electron chi connectivity index (χ3n) is 5.33. The Kier molecular flexibility index (Phi) is 7.66. The fourth-order valence-corrected chi connectivity index (χ4v) is 4.83. The standard InChI is InChI=1S/C21H21BrFN5O5S/c1-2-33-21(31)16-14(8-28-5-6-32-9-15(28)20(29)30)25-18(19-27-24-10-34-19)26-17(16)12-4-3-11(23)7-13(12)22/h3-4,7,10,15,17H,2,5-6,8-9H2,1H3,(H,25,26)(H,29,30). The summed E-state index contributed by atoms with van der Waals surface area (Å²) in [6.45, 7) is 2.67. The first-order valence-corrected chi connectivity index (χ1v) is 12.1. The number of hydrogen-bond acceptors (Lipinski definition) is 10. The molecule has 1 saturated heterocycles. The number of esters is 1. The lowest BCUT2D eigenvalue weighted by atomic mass is 9.95. The number of amidine groups is 1. The van der Waals surface area contributed by atoms with Crippen LogP contribution in [0.4, 0.5) is 4.39 Å². The molecule has 180 valence electrons. The summed E-state index contributed by atoms with van der Waals surface area (Å²) in [6.07, 6.45) is 0. The smallest absolute Gasteiger partial charge is 0.338 e. The SMILES string of the molecule is CCOC(=O)C1=C(CN2CCOCC2C(=O)O)NC(c2nncs2)=NC1c1ccc(F)cc1Br. The van der Waals surface area contributed by atoms with Crippen LogP contribution in [0.3, 0.4) is 0 Å². The minimum Gasteiger partial charge on any atom is -0.480 e. The van der Waals surface area contributed by atoms with E-state index in [1.54, 1.807) is 23.4 Å². The quantitative estimate of drug-likeness (QED) is 0.495. The molecule has 0 bridgehead atoms. The fourth-order valence-electron chi connectivity index (χ4n) is 3.76. The van der Waals surface area contributed by atoms with Crippen LogP contribution in [0.15, 0.2) is 44.4 Å². The van der Waals surface area contributed by atoms with Gasteiger partial charge >= 0.3 is 11.9 Å². The molecule has 2 aliphatic heterocycles. The van der Waals surface area contributed by atoms with E-state index in [0.717, 1.165) is 0 Å². The zero-order chi connectivity index (χ0) is 24.2. The minimum atomic E-state index is -1.02. The van der Waals surface area contributed by atoms with E-state index in [0.29, 0.717) is 39.7 Å². The van der Waals surface area contributed by atoms with E-state index in [9.17, 15) is 19.1 Å². The molecular weight excluding hydrogens is 533 g/mol. The number of aromatic nitrogens is 2. The number of halogens is 2. The molecule has 4 rings (SSSR count). The molecule has 0 aliphatic carbocycles. The van der Waals surface area contributed by atoms with Crippen molar-refractivity contribution in [1.82, 2.24) is 20.4 Å². The average Bonchev–Trinajstić information content (AvgIpc) is 3.34. The number of carboxylic acid groups (broad SMARTS) is 1. The first kappa shape index (κ1) is 24.4. The number of aliphatic imine (C=N–C) groups is 1. The zero-order valence-electron chi connectivity index (χ0n) is 18.0. The van der Waals surface area contributed by atoms with E-state index in [1.165, 1.54) is 23.5 Å². The van der Waals surface area contributed by atoms with E-state index in [-0.39, 0.29) is 25.3 Å². The van der Waals surface area contributed by atoms with E-state index in [4.69, 9.17) is 14.5 Å². The number of carboxylic acids is 1. The highest BCUT2D eigenvalue weighted by Gasteiger charge is 2.37. The predicted molar refractivity (Wildman–Crippen MR) is 124 cm³/mol. The van der Waals surface area contributed by atoms with Gasteiger partial charge in [-0.1, -0.05) is 33.3 Å². The van der Waals surface area contributed by atoms with Gasteiger partial charge in [-0.15, -0.1) is 10.2 Å². The zero-order valence-corrected chi connectivity index (χ0v) is 20.4. The number of benzene rings is 1. The van der Waals surface area contributed by atoms with Gasteiger partial charge in [0.25, 0.3) is 0 Å². The summed E-state index contributed by atoms with van der Waals surface area (Å²) < 4.78 is 24.9. The van der Waals surface area contributed by atoms with Crippen molar-refractivity contribution in [1.29, 1.82) is 0 Å². The molecule has 1 fully saturated rings. The van der Waals surface area contributed by atoms with Gasteiger partial charge in [-0.3, -0.25) is 14.7 Å². The van der Waals surface area contributed by atoms with Crippen molar-refractivity contribution >= 4 is 45.0 Å². The van der Waals surface area contributed by atoms with Crippen LogP contribution in [-0.4, -0.2) is 76.9 Å². The monoisotopic (exact) mass is 553 g/mol. The van der Waals surface area contributed by atoms with Crippen LogP contribution < -0.4 is 5.32 Å². The van der Waals surface area contributed by atoms with Gasteiger partial charge in [-0.05, 0) is 24.6 Å². The van der Waals surface area contributed by atoms with Crippen LogP contribution in [0, 0.1) is 5.82 Å². The maximum Gasteiger partial charge on any atom is 0.338 e. The summed E-state index contributed by atoms with van der Waals surface area (Å²) in [7, 11) is 0. The van der Waals surface area contributed by atoms with E-state index >= 15 is 0 Å². The highest BCUT2D eigenvalue weighted by molar-refractivity contribution is 9.10. The summed E-state index contributed by atoms with van der Waals surface area (Å²) in [4.78, 5) is 31.4. The molecule has 0 radical (unpaired) electrons. The topological polar surface area (TPSA) is 126 Å². The van der Waals surface area contributed by atoms with Gasteiger partial charge in [0.1, 0.15) is 23.4 Å². The second kappa shape index (κ2) is 10.7. The summed E-state index contributed by atoms with van der Waals surface area (Å²) in [6, 6.07) is 2.39. The van der Waals surface area contributed by atoms with Crippen LogP contribution in [0.25, 0.3) is 0 Å². The lowest BCUT2D eigenvalue weighted by Crippen LogP contribution is -2.52. The molecule has 2 aromatic rings. The normalized spacial score (nSPS) is 21.1. The van der Waals surface area contributed by atoms with Gasteiger partial charge in [0.15, 0.2) is 10.8 Å². The number of nitrogens with one attached hydrogen (secondary N) is 1. The summed E-state index contributed by atoms with van der Waals surface area (Å²) in [5.41, 5.74) is 2.72. The van der Waals surface area contributed by atoms with Crippen molar-refractivity contribution in [2.45, 2.75) is 19.0 Å². The number of ether oxygens (including phenoxy) is 2. The Morgan fingerprint density at radius 3 is 2.94 bits per heavy atom. The summed E-state index contributed by atoms with van der Waals surface area (Å²) in [5.74, 6) is -1.71. The molecule has 0 amide bonds. The maximum atomic E-state index is 13.8. The Labute approximate surface area is 206 Å². The first-order valence-electron chi connectivity index (χ1n) is 10.4. The van der Waals surface area contributed by atoms with Gasteiger partial charge < -0.3 is 19.9 Å². The lowest BCUT2D eigenvalue weighted by Gasteiger charge is -2.35. The van der Waals surface area contributed by atoms with Crippen molar-refractivity contribution in [2.75, 3.05) is 32.9 Å². The second-order valence-corrected chi connectivity index (χ2v) is 9.11. The van der Waals surface area contributed by atoms with Crippen molar-refractivity contribution in [3.05, 3.63) is 55.8 Å². The maximum absolute atomic E-state index is 13.8. The van der Waals surface area contributed by atoms with Crippen LogP contribution in [0.2, 0.25) is 0 Å². The molecule has 10 nitrogen and oxygen atoms in total. The molecule has 2 aliphatic rings. The largest absolute Gasteiger partial charge is 0.480 e. The van der Waals surface area contributed by atoms with Crippen LogP contribution >= 0.6 is 27.3 Å². The number of carbonyl (C=O) groups excluding carboxylic acids is 1. The minimum absolute atomic E-state index is 0.0294. The number of nitrogens with zero attached hydrogens (tertiary/aromatic N) is 4. The Hall–Kier alpha value is -2.74. The Bertz CT molecular complexity index is 1140. The molecule has 2 unspecified atom stereocenters. The molecule has 3 heterocycles. The van der Waals surface area contributed by atoms with Crippen LogP contribution in [0.5, 0.6) is 0 Å². The Morgan fingerprint density at radius 1 is 1.44 bits per heavy atom. The molecule has 2 N–H and O–H groups in total.